The Bertz CT molecular complexity index is 641. The number of nitrogens with zero attached hydrogens (tertiary/aromatic N) is 5. The summed E-state index contributed by atoms with van der Waals surface area (Å²) in [5.74, 6) is 0. The Kier molecular flexibility index (Phi) is 3.50. The number of hydrogen-bond donors (Lipinski definition) is 1. The van der Waals surface area contributed by atoms with E-state index in [1.807, 2.05) is 0 Å². The number of halogens is 1. The van der Waals surface area contributed by atoms with Gasteiger partial charge in [-0.3, -0.25) is 4.68 Å². The minimum Gasteiger partial charge on any atom is -0.271 e. The van der Waals surface area contributed by atoms with Gasteiger partial charge < -0.3 is 0 Å². The predicted octanol–water partition coefficient (Wildman–Crippen LogP) is -0.210. The molecule has 0 aliphatic heterocycles. The van der Waals surface area contributed by atoms with Gasteiger partial charge in [0.2, 0.25) is 5.03 Å². The van der Waals surface area contributed by atoms with E-state index in [1.54, 1.807) is 24.0 Å². The monoisotopic (exact) mass is 334 g/mol. The standard InChI is InChI=1S/C8H11BrN6O2S/c1-14-6(3-4-10-14)5-11-18(16,17)8-7(9)12-13-15(8)2/h3-4,11H,5H2,1-2H3. The second kappa shape index (κ2) is 4.78. The Morgan fingerprint density at radius 1 is 1.39 bits per heavy atom. The van der Waals surface area contributed by atoms with E-state index in [0.717, 1.165) is 5.69 Å². The van der Waals surface area contributed by atoms with Gasteiger partial charge in [-0.15, -0.1) is 5.10 Å². The van der Waals surface area contributed by atoms with E-state index in [4.69, 9.17) is 0 Å². The lowest BCUT2D eigenvalue weighted by molar-refractivity contribution is 0.557. The summed E-state index contributed by atoms with van der Waals surface area (Å²) < 4.78 is 29.6. The molecule has 0 aliphatic rings. The summed E-state index contributed by atoms with van der Waals surface area (Å²) >= 11 is 3.05. The van der Waals surface area contributed by atoms with Gasteiger partial charge in [-0.25, -0.2) is 17.8 Å². The number of aryl methyl sites for hydroxylation is 2. The van der Waals surface area contributed by atoms with E-state index in [-0.39, 0.29) is 16.2 Å². The summed E-state index contributed by atoms with van der Waals surface area (Å²) in [4.78, 5) is 0. The number of aromatic nitrogens is 5. The molecule has 10 heteroatoms. The van der Waals surface area contributed by atoms with Crippen LogP contribution in [-0.2, 0) is 30.7 Å². The molecule has 0 saturated carbocycles. The molecule has 0 bridgehead atoms. The highest BCUT2D eigenvalue weighted by Gasteiger charge is 2.23. The second-order valence-corrected chi connectivity index (χ2v) is 6.01. The summed E-state index contributed by atoms with van der Waals surface area (Å²) in [6.07, 6.45) is 1.60. The molecule has 18 heavy (non-hydrogen) atoms. The van der Waals surface area contributed by atoms with Crippen molar-refractivity contribution in [1.82, 2.24) is 29.5 Å². The van der Waals surface area contributed by atoms with Crippen molar-refractivity contribution >= 4 is 26.0 Å². The van der Waals surface area contributed by atoms with Gasteiger partial charge in [0.05, 0.1) is 12.2 Å². The molecule has 0 aliphatic carbocycles. The van der Waals surface area contributed by atoms with Crippen LogP contribution in [0.1, 0.15) is 5.69 Å². The lowest BCUT2D eigenvalue weighted by Gasteiger charge is -2.06. The zero-order chi connectivity index (χ0) is 13.3. The Morgan fingerprint density at radius 3 is 2.61 bits per heavy atom. The van der Waals surface area contributed by atoms with Gasteiger partial charge >= 0.3 is 0 Å². The van der Waals surface area contributed by atoms with Crippen molar-refractivity contribution in [2.45, 2.75) is 11.6 Å². The first-order valence-corrected chi connectivity index (χ1v) is 7.21. The first-order chi connectivity index (χ1) is 8.42. The fraction of sp³-hybridized carbons (Fsp3) is 0.375. The maximum absolute atomic E-state index is 12.1. The van der Waals surface area contributed by atoms with Crippen molar-refractivity contribution in [2.24, 2.45) is 14.1 Å². The van der Waals surface area contributed by atoms with Crippen molar-refractivity contribution < 1.29 is 8.42 Å². The maximum Gasteiger partial charge on any atom is 0.260 e. The minimum absolute atomic E-state index is 0.00957. The maximum atomic E-state index is 12.1. The van der Waals surface area contributed by atoms with Crippen LogP contribution in [-0.4, -0.2) is 33.2 Å². The van der Waals surface area contributed by atoms with Crippen molar-refractivity contribution in [3.05, 3.63) is 22.6 Å². The molecule has 1 N–H and O–H groups in total. The average molecular weight is 335 g/mol. The van der Waals surface area contributed by atoms with Crippen LogP contribution >= 0.6 is 15.9 Å². The molecule has 8 nitrogen and oxygen atoms in total. The molecule has 0 spiro atoms. The number of hydrogen-bond acceptors (Lipinski definition) is 5. The highest BCUT2D eigenvalue weighted by Crippen LogP contribution is 2.17. The summed E-state index contributed by atoms with van der Waals surface area (Å²) in [7, 11) is -0.420. The molecule has 2 heterocycles. The van der Waals surface area contributed by atoms with Crippen molar-refractivity contribution in [3.8, 4) is 0 Å². The Labute approximate surface area is 112 Å². The van der Waals surface area contributed by atoms with Crippen LogP contribution in [0.2, 0.25) is 0 Å². The largest absolute Gasteiger partial charge is 0.271 e. The average Bonchev–Trinajstić information content (AvgIpc) is 2.83. The van der Waals surface area contributed by atoms with Gasteiger partial charge in [-0.05, 0) is 22.0 Å². The van der Waals surface area contributed by atoms with Gasteiger partial charge in [0, 0.05) is 20.3 Å². The van der Waals surface area contributed by atoms with Crippen molar-refractivity contribution in [2.75, 3.05) is 0 Å². The molecule has 0 fully saturated rings. The summed E-state index contributed by atoms with van der Waals surface area (Å²) in [6, 6.07) is 1.74. The van der Waals surface area contributed by atoms with Crippen LogP contribution in [0.15, 0.2) is 21.9 Å². The van der Waals surface area contributed by atoms with E-state index in [1.165, 1.54) is 11.7 Å². The van der Waals surface area contributed by atoms with Crippen LogP contribution in [0, 0.1) is 0 Å². The minimum atomic E-state index is -3.67. The van der Waals surface area contributed by atoms with Gasteiger partial charge in [-0.1, -0.05) is 5.21 Å². The normalized spacial score (nSPS) is 11.9. The highest BCUT2D eigenvalue weighted by molar-refractivity contribution is 9.10. The number of sulfonamides is 1. The van der Waals surface area contributed by atoms with E-state index in [9.17, 15) is 8.42 Å². The topological polar surface area (TPSA) is 94.7 Å². The van der Waals surface area contributed by atoms with Crippen LogP contribution in [0.4, 0.5) is 0 Å². The van der Waals surface area contributed by atoms with Crippen LogP contribution in [0.3, 0.4) is 0 Å². The van der Waals surface area contributed by atoms with E-state index in [2.05, 4.69) is 36.1 Å². The zero-order valence-corrected chi connectivity index (χ0v) is 12.1. The van der Waals surface area contributed by atoms with Crippen LogP contribution in [0.25, 0.3) is 0 Å². The number of rotatable bonds is 4. The predicted molar refractivity (Wildman–Crippen MR) is 65.9 cm³/mol. The molecule has 98 valence electrons. The fourth-order valence-corrected chi connectivity index (χ4v) is 3.51. The van der Waals surface area contributed by atoms with Crippen molar-refractivity contribution in [3.63, 3.8) is 0 Å². The summed E-state index contributed by atoms with van der Waals surface area (Å²) in [5, 5.41) is 11.2. The summed E-state index contributed by atoms with van der Waals surface area (Å²) in [5.41, 5.74) is 0.754. The van der Waals surface area contributed by atoms with E-state index < -0.39 is 10.0 Å². The molecule has 2 aromatic rings. The molecule has 0 amide bonds. The van der Waals surface area contributed by atoms with Gasteiger partial charge in [0.15, 0.2) is 4.60 Å². The van der Waals surface area contributed by atoms with E-state index >= 15 is 0 Å². The van der Waals surface area contributed by atoms with Gasteiger partial charge in [0.25, 0.3) is 10.0 Å². The second-order valence-electron chi connectivity index (χ2n) is 3.58. The molecule has 0 saturated heterocycles. The van der Waals surface area contributed by atoms with Crippen LogP contribution < -0.4 is 4.72 Å². The smallest absolute Gasteiger partial charge is 0.260 e. The van der Waals surface area contributed by atoms with Gasteiger partial charge in [-0.2, -0.15) is 5.10 Å². The third-order valence-corrected chi connectivity index (χ3v) is 4.65. The van der Waals surface area contributed by atoms with E-state index in [0.29, 0.717) is 0 Å². The lowest BCUT2D eigenvalue weighted by Crippen LogP contribution is -2.26. The Hall–Kier alpha value is -1.26. The summed E-state index contributed by atoms with van der Waals surface area (Å²) in [6.45, 7) is 0.149. The third-order valence-electron chi connectivity index (χ3n) is 2.36. The first kappa shape index (κ1) is 13.2. The molecular weight excluding hydrogens is 324 g/mol. The molecule has 0 aromatic carbocycles. The molecule has 0 atom stereocenters. The zero-order valence-electron chi connectivity index (χ0n) is 9.70. The molecule has 2 rings (SSSR count). The van der Waals surface area contributed by atoms with Crippen LogP contribution in [0.5, 0.6) is 0 Å². The van der Waals surface area contributed by atoms with Gasteiger partial charge in [0.1, 0.15) is 0 Å². The molecule has 0 unspecified atom stereocenters. The highest BCUT2D eigenvalue weighted by atomic mass is 79.9. The SMILES string of the molecule is Cn1nccc1CNS(=O)(=O)c1c(Br)nnn1C. The quantitative estimate of drug-likeness (QED) is 0.834. The third kappa shape index (κ3) is 2.44. The first-order valence-electron chi connectivity index (χ1n) is 4.93. The van der Waals surface area contributed by atoms with Crippen molar-refractivity contribution in [1.29, 1.82) is 0 Å². The Balaban J connectivity index is 2.21. The fourth-order valence-electron chi connectivity index (χ4n) is 1.42. The molecular formula is C8H11BrN6O2S. The molecule has 0 radical (unpaired) electrons. The molecule has 2 aromatic heterocycles. The Morgan fingerprint density at radius 2 is 2.11 bits per heavy atom. The number of nitrogens with one attached hydrogen (secondary N) is 1. The lowest BCUT2D eigenvalue weighted by atomic mass is 10.4.